The van der Waals surface area contributed by atoms with Crippen LogP contribution < -0.4 is 10.6 Å². The number of benzene rings is 1. The van der Waals surface area contributed by atoms with E-state index in [0.717, 1.165) is 19.9 Å². The molecule has 0 radical (unpaired) electrons. The summed E-state index contributed by atoms with van der Waals surface area (Å²) < 4.78 is 0.921. The summed E-state index contributed by atoms with van der Waals surface area (Å²) >= 11 is 5.00. The van der Waals surface area contributed by atoms with Crippen LogP contribution in [0, 0.1) is 6.92 Å². The van der Waals surface area contributed by atoms with Gasteiger partial charge in [0.25, 0.3) is 0 Å². The highest BCUT2D eigenvalue weighted by Crippen LogP contribution is 2.24. The lowest BCUT2D eigenvalue weighted by Gasteiger charge is -2.03. The summed E-state index contributed by atoms with van der Waals surface area (Å²) in [6, 6.07) is 11.3. The molecule has 1 aromatic carbocycles. The first kappa shape index (κ1) is 15.7. The number of urea groups is 1. The van der Waals surface area contributed by atoms with Crippen molar-refractivity contribution < 1.29 is 4.79 Å². The van der Waals surface area contributed by atoms with E-state index in [9.17, 15) is 4.79 Å². The summed E-state index contributed by atoms with van der Waals surface area (Å²) in [4.78, 5) is 17.4. The van der Waals surface area contributed by atoms with Crippen molar-refractivity contribution in [3.05, 3.63) is 51.6 Å². The first-order chi connectivity index (χ1) is 11.1. The molecule has 3 aromatic rings. The number of amides is 2. The Morgan fingerprint density at radius 2 is 2.13 bits per heavy atom. The lowest BCUT2D eigenvalue weighted by atomic mass is 10.2. The Bertz CT molecular complexity index is 829. The quantitative estimate of drug-likeness (QED) is 0.629. The van der Waals surface area contributed by atoms with Gasteiger partial charge in [0.15, 0.2) is 5.82 Å². The normalized spacial score (nSPS) is 10.5. The SMILES string of the molecule is Cc1ccc(NC(=O)NCc2nc(-c3ccccc3Br)n[nH]2)s1. The number of halogens is 1. The molecule has 0 aliphatic carbocycles. The number of rotatable bonds is 4. The molecule has 118 valence electrons. The Balaban J connectivity index is 1.59. The number of carbonyl (C=O) groups is 1. The molecule has 0 atom stereocenters. The third-order valence-corrected chi connectivity index (χ3v) is 4.65. The van der Waals surface area contributed by atoms with Gasteiger partial charge in [-0.2, -0.15) is 5.10 Å². The van der Waals surface area contributed by atoms with E-state index in [1.54, 1.807) is 0 Å². The maximum atomic E-state index is 11.8. The summed E-state index contributed by atoms with van der Waals surface area (Å²) in [6.07, 6.45) is 0. The highest BCUT2D eigenvalue weighted by atomic mass is 79.9. The lowest BCUT2D eigenvalue weighted by Crippen LogP contribution is -2.28. The van der Waals surface area contributed by atoms with Crippen molar-refractivity contribution >= 4 is 38.3 Å². The number of aromatic amines is 1. The van der Waals surface area contributed by atoms with Gasteiger partial charge in [-0.3, -0.25) is 10.4 Å². The molecule has 0 spiro atoms. The zero-order chi connectivity index (χ0) is 16.2. The molecule has 2 heterocycles. The first-order valence-corrected chi connectivity index (χ1v) is 8.50. The summed E-state index contributed by atoms with van der Waals surface area (Å²) in [5, 5.41) is 13.3. The Kier molecular flexibility index (Phi) is 4.73. The fourth-order valence-electron chi connectivity index (χ4n) is 1.96. The standard InChI is InChI=1S/C15H14BrN5OS/c1-9-6-7-13(23-9)19-15(22)17-8-12-18-14(21-20-12)10-4-2-3-5-11(10)16/h2-7H,8H2,1H3,(H2,17,19,22)(H,18,20,21). The fraction of sp³-hybridized carbons (Fsp3) is 0.133. The summed E-state index contributed by atoms with van der Waals surface area (Å²) in [5.74, 6) is 1.18. The molecule has 0 fully saturated rings. The number of hydrogen-bond donors (Lipinski definition) is 3. The average Bonchev–Trinajstić information content (AvgIpc) is 3.15. The van der Waals surface area contributed by atoms with Gasteiger partial charge in [0.1, 0.15) is 5.82 Å². The van der Waals surface area contributed by atoms with Crippen LogP contribution in [0.25, 0.3) is 11.4 Å². The molecule has 0 unspecified atom stereocenters. The molecule has 2 amide bonds. The van der Waals surface area contributed by atoms with Gasteiger partial charge in [-0.05, 0) is 31.2 Å². The minimum atomic E-state index is -0.273. The number of nitrogens with one attached hydrogen (secondary N) is 3. The van der Waals surface area contributed by atoms with Crippen LogP contribution in [-0.4, -0.2) is 21.2 Å². The zero-order valence-electron chi connectivity index (χ0n) is 12.3. The predicted octanol–water partition coefficient (Wildman–Crippen LogP) is 3.93. The topological polar surface area (TPSA) is 82.7 Å². The predicted molar refractivity (Wildman–Crippen MR) is 94.4 cm³/mol. The van der Waals surface area contributed by atoms with Gasteiger partial charge >= 0.3 is 6.03 Å². The molecule has 2 aromatic heterocycles. The highest BCUT2D eigenvalue weighted by molar-refractivity contribution is 9.10. The van der Waals surface area contributed by atoms with Crippen molar-refractivity contribution in [2.75, 3.05) is 5.32 Å². The van der Waals surface area contributed by atoms with Crippen LogP contribution in [0.15, 0.2) is 40.9 Å². The third kappa shape index (κ3) is 3.96. The van der Waals surface area contributed by atoms with E-state index in [4.69, 9.17) is 0 Å². The van der Waals surface area contributed by atoms with Crippen molar-refractivity contribution in [2.24, 2.45) is 0 Å². The van der Waals surface area contributed by atoms with Gasteiger partial charge in [0, 0.05) is 14.9 Å². The molecule has 0 saturated carbocycles. The number of thiophene rings is 1. The lowest BCUT2D eigenvalue weighted by molar-refractivity contribution is 0.251. The Hall–Kier alpha value is -2.19. The van der Waals surface area contributed by atoms with Gasteiger partial charge in [-0.1, -0.05) is 28.1 Å². The average molecular weight is 392 g/mol. The molecular formula is C15H14BrN5OS. The third-order valence-electron chi connectivity index (χ3n) is 3.04. The van der Waals surface area contributed by atoms with Crippen molar-refractivity contribution in [1.29, 1.82) is 0 Å². The van der Waals surface area contributed by atoms with E-state index < -0.39 is 0 Å². The molecule has 0 saturated heterocycles. The van der Waals surface area contributed by atoms with Crippen LogP contribution in [0.3, 0.4) is 0 Å². The van der Waals surface area contributed by atoms with Crippen LogP contribution in [-0.2, 0) is 6.54 Å². The van der Waals surface area contributed by atoms with Crippen LogP contribution in [0.5, 0.6) is 0 Å². The van der Waals surface area contributed by atoms with Crippen molar-refractivity contribution in [2.45, 2.75) is 13.5 Å². The maximum absolute atomic E-state index is 11.8. The monoisotopic (exact) mass is 391 g/mol. The number of carbonyl (C=O) groups excluding carboxylic acids is 1. The van der Waals surface area contributed by atoms with E-state index in [1.807, 2.05) is 43.3 Å². The summed E-state index contributed by atoms with van der Waals surface area (Å²) in [6.45, 7) is 2.26. The van der Waals surface area contributed by atoms with E-state index in [0.29, 0.717) is 11.6 Å². The molecular weight excluding hydrogens is 378 g/mol. The number of aromatic nitrogens is 3. The summed E-state index contributed by atoms with van der Waals surface area (Å²) in [7, 11) is 0. The van der Waals surface area contributed by atoms with Crippen molar-refractivity contribution in [3.8, 4) is 11.4 Å². The number of aryl methyl sites for hydroxylation is 1. The number of H-pyrrole nitrogens is 1. The second-order valence-electron chi connectivity index (χ2n) is 4.80. The largest absolute Gasteiger partial charge is 0.331 e. The van der Waals surface area contributed by atoms with Gasteiger partial charge in [-0.15, -0.1) is 11.3 Å². The molecule has 0 aliphatic heterocycles. The summed E-state index contributed by atoms with van der Waals surface area (Å²) in [5.41, 5.74) is 0.897. The number of nitrogens with zero attached hydrogens (tertiary/aromatic N) is 2. The molecule has 3 rings (SSSR count). The fourth-order valence-corrected chi connectivity index (χ4v) is 3.18. The number of anilines is 1. The molecule has 0 aliphatic rings. The maximum Gasteiger partial charge on any atom is 0.320 e. The van der Waals surface area contributed by atoms with Crippen molar-refractivity contribution in [3.63, 3.8) is 0 Å². The molecule has 6 nitrogen and oxygen atoms in total. The first-order valence-electron chi connectivity index (χ1n) is 6.89. The Morgan fingerprint density at radius 1 is 1.30 bits per heavy atom. The van der Waals surface area contributed by atoms with Crippen LogP contribution in [0.1, 0.15) is 10.7 Å². The van der Waals surface area contributed by atoms with Gasteiger partial charge < -0.3 is 5.32 Å². The number of hydrogen-bond acceptors (Lipinski definition) is 4. The minimum absolute atomic E-state index is 0.271. The van der Waals surface area contributed by atoms with Crippen LogP contribution in [0.4, 0.5) is 9.80 Å². The minimum Gasteiger partial charge on any atom is -0.331 e. The van der Waals surface area contributed by atoms with Gasteiger partial charge in [-0.25, -0.2) is 9.78 Å². The van der Waals surface area contributed by atoms with E-state index >= 15 is 0 Å². The van der Waals surface area contributed by atoms with E-state index in [1.165, 1.54) is 11.3 Å². The molecule has 3 N–H and O–H groups in total. The van der Waals surface area contributed by atoms with E-state index in [2.05, 4.69) is 41.7 Å². The molecule has 0 bridgehead atoms. The van der Waals surface area contributed by atoms with Crippen LogP contribution in [0.2, 0.25) is 0 Å². The highest BCUT2D eigenvalue weighted by Gasteiger charge is 2.10. The second-order valence-corrected chi connectivity index (χ2v) is 6.95. The Labute approximate surface area is 145 Å². The van der Waals surface area contributed by atoms with Gasteiger partial charge in [0.2, 0.25) is 0 Å². The molecule has 23 heavy (non-hydrogen) atoms. The van der Waals surface area contributed by atoms with Crippen LogP contribution >= 0.6 is 27.3 Å². The second kappa shape index (κ2) is 6.93. The smallest absolute Gasteiger partial charge is 0.320 e. The van der Waals surface area contributed by atoms with Crippen molar-refractivity contribution in [1.82, 2.24) is 20.5 Å². The molecule has 8 heteroatoms. The van der Waals surface area contributed by atoms with Gasteiger partial charge in [0.05, 0.1) is 11.5 Å². The Morgan fingerprint density at radius 3 is 2.87 bits per heavy atom. The van der Waals surface area contributed by atoms with E-state index in [-0.39, 0.29) is 12.6 Å². The zero-order valence-corrected chi connectivity index (χ0v) is 14.7.